The zero-order valence-corrected chi connectivity index (χ0v) is 18.0. The Morgan fingerprint density at radius 1 is 1.10 bits per heavy atom. The number of nitrogens with one attached hydrogen (secondary N) is 1. The highest BCUT2D eigenvalue weighted by molar-refractivity contribution is 5.48. The van der Waals surface area contributed by atoms with Crippen LogP contribution in [-0.2, 0) is 4.74 Å². The van der Waals surface area contributed by atoms with Crippen molar-refractivity contribution >= 4 is 5.69 Å². The van der Waals surface area contributed by atoms with E-state index in [1.807, 2.05) is 12.1 Å². The molecule has 1 fully saturated rings. The summed E-state index contributed by atoms with van der Waals surface area (Å²) in [5.74, 6) is 2.38. The number of para-hydroxylation sites is 1. The molecule has 1 heterocycles. The molecule has 0 aromatic heterocycles. The average Bonchev–Trinajstić information content (AvgIpc) is 3.29. The van der Waals surface area contributed by atoms with Crippen molar-refractivity contribution in [3.63, 3.8) is 0 Å². The summed E-state index contributed by atoms with van der Waals surface area (Å²) in [6, 6.07) is 16.5. The maximum absolute atomic E-state index is 6.37. The largest absolute Gasteiger partial charge is 0.491 e. The fourth-order valence-corrected chi connectivity index (χ4v) is 3.56. The summed E-state index contributed by atoms with van der Waals surface area (Å²) in [6.07, 6.45) is 4.61. The lowest BCUT2D eigenvalue weighted by atomic mass is 9.98. The number of hydrogen-bond donors (Lipinski definition) is 1. The highest BCUT2D eigenvalue weighted by Gasteiger charge is 2.16. The van der Waals surface area contributed by atoms with E-state index in [4.69, 9.17) is 14.2 Å². The summed E-state index contributed by atoms with van der Waals surface area (Å²) < 4.78 is 17.9. The van der Waals surface area contributed by atoms with Crippen LogP contribution in [0.1, 0.15) is 57.9 Å². The predicted octanol–water partition coefficient (Wildman–Crippen LogP) is 6.03. The molecule has 3 unspecified atom stereocenters. The van der Waals surface area contributed by atoms with Gasteiger partial charge >= 0.3 is 0 Å². The molecular formula is C25H35NO3. The van der Waals surface area contributed by atoms with Crippen LogP contribution in [-0.4, -0.2) is 32.0 Å². The van der Waals surface area contributed by atoms with E-state index in [2.05, 4.69) is 62.5 Å². The Balaban J connectivity index is 1.55. The zero-order valence-electron chi connectivity index (χ0n) is 18.0. The summed E-state index contributed by atoms with van der Waals surface area (Å²) in [7, 11) is 0. The van der Waals surface area contributed by atoms with E-state index in [9.17, 15) is 0 Å². The van der Waals surface area contributed by atoms with Crippen LogP contribution in [0, 0.1) is 0 Å². The van der Waals surface area contributed by atoms with Gasteiger partial charge in [-0.2, -0.15) is 0 Å². The molecule has 0 amide bonds. The molecule has 4 heteroatoms. The number of anilines is 1. The number of hydrogen-bond acceptors (Lipinski definition) is 4. The Morgan fingerprint density at radius 2 is 1.97 bits per heavy atom. The van der Waals surface area contributed by atoms with Crippen molar-refractivity contribution in [1.82, 2.24) is 0 Å². The van der Waals surface area contributed by atoms with Crippen molar-refractivity contribution in [1.29, 1.82) is 0 Å². The van der Waals surface area contributed by atoms with Crippen molar-refractivity contribution < 1.29 is 14.2 Å². The van der Waals surface area contributed by atoms with Gasteiger partial charge in [0.05, 0.1) is 12.6 Å². The molecule has 0 bridgehead atoms. The zero-order chi connectivity index (χ0) is 20.5. The molecule has 1 aliphatic heterocycles. The van der Waals surface area contributed by atoms with E-state index in [0.717, 1.165) is 56.0 Å². The molecule has 1 N–H and O–H groups in total. The van der Waals surface area contributed by atoms with Gasteiger partial charge in [0.25, 0.3) is 0 Å². The second kappa shape index (κ2) is 11.1. The summed E-state index contributed by atoms with van der Waals surface area (Å²) in [4.78, 5) is 0. The monoisotopic (exact) mass is 397 g/mol. The molecule has 3 atom stereocenters. The van der Waals surface area contributed by atoms with E-state index in [-0.39, 0.29) is 12.2 Å². The highest BCUT2D eigenvalue weighted by Crippen LogP contribution is 2.29. The normalized spacial score (nSPS) is 18.2. The van der Waals surface area contributed by atoms with Crippen molar-refractivity contribution in [3.8, 4) is 11.5 Å². The Kier molecular flexibility index (Phi) is 8.24. The maximum atomic E-state index is 6.37. The third-order valence-corrected chi connectivity index (χ3v) is 5.64. The van der Waals surface area contributed by atoms with Crippen molar-refractivity contribution in [3.05, 3.63) is 54.1 Å². The first-order chi connectivity index (χ1) is 14.2. The van der Waals surface area contributed by atoms with Crippen LogP contribution in [0.4, 0.5) is 5.69 Å². The maximum Gasteiger partial charge on any atom is 0.123 e. The fraction of sp³-hybridized carbons (Fsp3) is 0.520. The van der Waals surface area contributed by atoms with Crippen LogP contribution in [0.2, 0.25) is 0 Å². The lowest BCUT2D eigenvalue weighted by Crippen LogP contribution is -2.26. The van der Waals surface area contributed by atoms with Crippen LogP contribution in [0.3, 0.4) is 0 Å². The molecule has 2 aromatic rings. The molecule has 0 spiro atoms. The molecule has 0 radical (unpaired) electrons. The lowest BCUT2D eigenvalue weighted by Gasteiger charge is -2.22. The molecule has 158 valence electrons. The standard InChI is InChI=1S/C25H35NO3/c1-4-19(3)24-13-6-7-14-25(24)29-21(5-2)17-26-20-10-8-11-22(16-20)28-18-23-12-9-15-27-23/h6-8,10-11,13-14,16,19,21,23,26H,4-5,9,12,15,17-18H2,1-3H3. The summed E-state index contributed by atoms with van der Waals surface area (Å²) >= 11 is 0. The topological polar surface area (TPSA) is 39.7 Å². The van der Waals surface area contributed by atoms with Gasteiger partial charge in [0.1, 0.15) is 24.2 Å². The second-order valence-corrected chi connectivity index (χ2v) is 7.85. The third-order valence-electron chi connectivity index (χ3n) is 5.64. The Labute approximate surface area is 175 Å². The Bertz CT molecular complexity index is 742. The third kappa shape index (κ3) is 6.40. The first kappa shape index (κ1) is 21.5. The van der Waals surface area contributed by atoms with Gasteiger partial charge in [-0.3, -0.25) is 0 Å². The smallest absolute Gasteiger partial charge is 0.123 e. The van der Waals surface area contributed by atoms with E-state index >= 15 is 0 Å². The molecule has 0 aliphatic carbocycles. The van der Waals surface area contributed by atoms with Crippen LogP contribution in [0.25, 0.3) is 0 Å². The molecular weight excluding hydrogens is 362 g/mol. The van der Waals surface area contributed by atoms with Crippen molar-refractivity contribution in [2.75, 3.05) is 25.1 Å². The first-order valence-electron chi connectivity index (χ1n) is 11.0. The van der Waals surface area contributed by atoms with Gasteiger partial charge in [0.2, 0.25) is 0 Å². The van der Waals surface area contributed by atoms with Crippen molar-refractivity contribution in [2.45, 2.75) is 64.6 Å². The van der Waals surface area contributed by atoms with Gasteiger partial charge < -0.3 is 19.5 Å². The van der Waals surface area contributed by atoms with Gasteiger partial charge in [-0.1, -0.05) is 45.0 Å². The van der Waals surface area contributed by atoms with Gasteiger partial charge in [-0.25, -0.2) is 0 Å². The summed E-state index contributed by atoms with van der Waals surface area (Å²) in [5, 5.41) is 3.51. The number of rotatable bonds is 11. The fourth-order valence-electron chi connectivity index (χ4n) is 3.56. The second-order valence-electron chi connectivity index (χ2n) is 7.85. The van der Waals surface area contributed by atoms with E-state index in [1.54, 1.807) is 0 Å². The molecule has 3 rings (SSSR count). The van der Waals surface area contributed by atoms with Gasteiger partial charge in [0.15, 0.2) is 0 Å². The molecule has 1 saturated heterocycles. The SMILES string of the molecule is CCC(CNc1cccc(OCC2CCCO2)c1)Oc1ccccc1C(C)CC. The minimum absolute atomic E-state index is 0.108. The van der Waals surface area contributed by atoms with Gasteiger partial charge in [-0.15, -0.1) is 0 Å². The minimum atomic E-state index is 0.108. The summed E-state index contributed by atoms with van der Waals surface area (Å²) in [6.45, 7) is 8.86. The summed E-state index contributed by atoms with van der Waals surface area (Å²) in [5.41, 5.74) is 2.34. The van der Waals surface area contributed by atoms with E-state index < -0.39 is 0 Å². The molecule has 29 heavy (non-hydrogen) atoms. The van der Waals surface area contributed by atoms with Crippen LogP contribution < -0.4 is 14.8 Å². The first-order valence-corrected chi connectivity index (χ1v) is 11.0. The highest BCUT2D eigenvalue weighted by atomic mass is 16.5. The molecule has 4 nitrogen and oxygen atoms in total. The van der Waals surface area contributed by atoms with Crippen LogP contribution in [0.5, 0.6) is 11.5 Å². The molecule has 1 aliphatic rings. The van der Waals surface area contributed by atoms with Crippen LogP contribution >= 0.6 is 0 Å². The van der Waals surface area contributed by atoms with E-state index in [1.165, 1.54) is 5.56 Å². The van der Waals surface area contributed by atoms with Crippen molar-refractivity contribution in [2.24, 2.45) is 0 Å². The lowest BCUT2D eigenvalue weighted by molar-refractivity contribution is 0.0680. The average molecular weight is 398 g/mol. The van der Waals surface area contributed by atoms with Gasteiger partial charge in [-0.05, 0) is 55.4 Å². The molecule has 2 aromatic carbocycles. The van der Waals surface area contributed by atoms with Crippen LogP contribution in [0.15, 0.2) is 48.5 Å². The van der Waals surface area contributed by atoms with E-state index in [0.29, 0.717) is 12.5 Å². The minimum Gasteiger partial charge on any atom is -0.491 e. The number of benzene rings is 2. The van der Waals surface area contributed by atoms with Gasteiger partial charge in [0, 0.05) is 18.4 Å². The Hall–Kier alpha value is -2.20. The Morgan fingerprint density at radius 3 is 2.72 bits per heavy atom. The molecule has 0 saturated carbocycles. The predicted molar refractivity (Wildman–Crippen MR) is 119 cm³/mol. The quantitative estimate of drug-likeness (QED) is 0.503. The number of ether oxygens (including phenoxy) is 3.